The summed E-state index contributed by atoms with van der Waals surface area (Å²) in [6.07, 6.45) is 6.22. The fourth-order valence-corrected chi connectivity index (χ4v) is 3.95. The van der Waals surface area contributed by atoms with Gasteiger partial charge in [0.1, 0.15) is 12.7 Å². The lowest BCUT2D eigenvalue weighted by molar-refractivity contribution is 0.0647. The summed E-state index contributed by atoms with van der Waals surface area (Å²) < 4.78 is 1.67. The van der Waals surface area contributed by atoms with Gasteiger partial charge in [-0.1, -0.05) is 36.4 Å². The van der Waals surface area contributed by atoms with Crippen molar-refractivity contribution in [3.05, 3.63) is 78.4 Å². The number of hydrogen-bond acceptors (Lipinski definition) is 4. The normalized spacial score (nSPS) is 14.5. The van der Waals surface area contributed by atoms with Crippen LogP contribution in [0.5, 0.6) is 0 Å². The van der Waals surface area contributed by atoms with Gasteiger partial charge in [-0.25, -0.2) is 9.67 Å². The molecule has 0 saturated carbocycles. The summed E-state index contributed by atoms with van der Waals surface area (Å²) in [4.78, 5) is 21.4. The van der Waals surface area contributed by atoms with Crippen molar-refractivity contribution in [2.75, 3.05) is 26.7 Å². The average molecular weight is 426 g/mol. The quantitative estimate of drug-likeness (QED) is 0.606. The molecule has 2 aromatic carbocycles. The number of hydrogen-bond donors (Lipinski definition) is 0. The summed E-state index contributed by atoms with van der Waals surface area (Å²) in [5.41, 5.74) is 2.93. The second kappa shape index (κ2) is 10.4. The molecular formula is C23H28ClN5O. The van der Waals surface area contributed by atoms with Crippen molar-refractivity contribution in [3.63, 3.8) is 0 Å². The van der Waals surface area contributed by atoms with Crippen molar-refractivity contribution in [1.82, 2.24) is 24.6 Å². The van der Waals surface area contributed by atoms with E-state index in [1.807, 2.05) is 29.2 Å². The molecule has 2 heterocycles. The summed E-state index contributed by atoms with van der Waals surface area (Å²) in [7, 11) is 2.20. The lowest BCUT2D eigenvalue weighted by atomic mass is 10.0. The van der Waals surface area contributed by atoms with Gasteiger partial charge in [-0.2, -0.15) is 5.10 Å². The number of rotatable bonds is 6. The maximum Gasteiger partial charge on any atom is 0.253 e. The molecule has 7 heteroatoms. The van der Waals surface area contributed by atoms with E-state index < -0.39 is 0 Å². The van der Waals surface area contributed by atoms with E-state index in [2.05, 4.69) is 52.4 Å². The molecule has 6 nitrogen and oxygen atoms in total. The molecule has 0 bridgehead atoms. The van der Waals surface area contributed by atoms with E-state index in [4.69, 9.17) is 0 Å². The lowest BCUT2D eigenvalue weighted by Crippen LogP contribution is -2.46. The molecular weight excluding hydrogens is 398 g/mol. The summed E-state index contributed by atoms with van der Waals surface area (Å²) in [5, 5.41) is 4.14. The molecule has 0 spiro atoms. The Morgan fingerprint density at radius 2 is 1.87 bits per heavy atom. The molecule has 1 aromatic heterocycles. The minimum atomic E-state index is 0. The van der Waals surface area contributed by atoms with Crippen LogP contribution >= 0.6 is 12.4 Å². The highest BCUT2D eigenvalue weighted by molar-refractivity contribution is 5.94. The maximum atomic E-state index is 13.0. The molecule has 0 N–H and O–H groups in total. The van der Waals surface area contributed by atoms with Crippen molar-refractivity contribution in [2.45, 2.75) is 25.3 Å². The summed E-state index contributed by atoms with van der Waals surface area (Å²) in [6.45, 7) is 2.64. The van der Waals surface area contributed by atoms with Crippen LogP contribution in [-0.4, -0.2) is 63.2 Å². The molecule has 1 fully saturated rings. The highest BCUT2D eigenvalue weighted by atomic mass is 35.5. The van der Waals surface area contributed by atoms with Crippen LogP contribution in [0.4, 0.5) is 0 Å². The summed E-state index contributed by atoms with van der Waals surface area (Å²) >= 11 is 0. The number of halogens is 1. The number of carbonyl (C=O) groups is 1. The average Bonchev–Trinajstić information content (AvgIpc) is 3.33. The Hall–Kier alpha value is -2.70. The van der Waals surface area contributed by atoms with Crippen LogP contribution in [0.2, 0.25) is 0 Å². The van der Waals surface area contributed by atoms with E-state index in [0.29, 0.717) is 11.6 Å². The van der Waals surface area contributed by atoms with E-state index in [1.54, 1.807) is 11.0 Å². The molecule has 1 amide bonds. The first-order valence-electron chi connectivity index (χ1n) is 10.2. The van der Waals surface area contributed by atoms with Crippen molar-refractivity contribution in [3.8, 4) is 5.69 Å². The minimum absolute atomic E-state index is 0. The molecule has 0 unspecified atom stereocenters. The topological polar surface area (TPSA) is 54.3 Å². The maximum absolute atomic E-state index is 13.0. The van der Waals surface area contributed by atoms with Gasteiger partial charge in [-0.05, 0) is 50.1 Å². The first-order valence-corrected chi connectivity index (χ1v) is 10.2. The van der Waals surface area contributed by atoms with Crippen LogP contribution < -0.4 is 0 Å². The molecule has 0 aliphatic carbocycles. The molecule has 3 aromatic rings. The fourth-order valence-electron chi connectivity index (χ4n) is 3.95. The third-order valence-corrected chi connectivity index (χ3v) is 5.75. The predicted molar refractivity (Wildman–Crippen MR) is 120 cm³/mol. The molecule has 1 saturated heterocycles. The van der Waals surface area contributed by atoms with Crippen LogP contribution in [0.3, 0.4) is 0 Å². The smallest absolute Gasteiger partial charge is 0.253 e. The molecule has 0 radical (unpaired) electrons. The number of benzene rings is 2. The van der Waals surface area contributed by atoms with Gasteiger partial charge in [0, 0.05) is 31.2 Å². The number of nitrogens with zero attached hydrogens (tertiary/aromatic N) is 5. The SMILES string of the molecule is CN(CCc1ccccc1)C1CCN(C(=O)c2cccc(-n3cncn3)c2)CC1.Cl. The lowest BCUT2D eigenvalue weighted by Gasteiger charge is -2.37. The largest absolute Gasteiger partial charge is 0.339 e. The Kier molecular flexibility index (Phi) is 7.60. The molecule has 1 aliphatic rings. The van der Waals surface area contributed by atoms with Gasteiger partial charge in [0.2, 0.25) is 0 Å². The first kappa shape index (κ1) is 22.0. The van der Waals surface area contributed by atoms with Crippen LogP contribution in [0.15, 0.2) is 67.3 Å². The van der Waals surface area contributed by atoms with Gasteiger partial charge in [-0.3, -0.25) is 4.79 Å². The molecule has 1 aliphatic heterocycles. The number of likely N-dealkylation sites (tertiary alicyclic amines) is 1. The Morgan fingerprint density at radius 1 is 1.10 bits per heavy atom. The minimum Gasteiger partial charge on any atom is -0.339 e. The van der Waals surface area contributed by atoms with E-state index in [-0.39, 0.29) is 18.3 Å². The Labute approximate surface area is 183 Å². The highest BCUT2D eigenvalue weighted by Crippen LogP contribution is 2.19. The van der Waals surface area contributed by atoms with Crippen molar-refractivity contribution >= 4 is 18.3 Å². The van der Waals surface area contributed by atoms with Gasteiger partial charge >= 0.3 is 0 Å². The number of amides is 1. The Morgan fingerprint density at radius 3 is 2.57 bits per heavy atom. The van der Waals surface area contributed by atoms with E-state index in [9.17, 15) is 4.79 Å². The first-order chi connectivity index (χ1) is 14.2. The predicted octanol–water partition coefficient (Wildman–Crippen LogP) is 3.47. The number of aromatic nitrogens is 3. The third-order valence-electron chi connectivity index (χ3n) is 5.75. The highest BCUT2D eigenvalue weighted by Gasteiger charge is 2.26. The van der Waals surface area contributed by atoms with E-state index in [0.717, 1.165) is 44.6 Å². The van der Waals surface area contributed by atoms with Crippen LogP contribution in [0.1, 0.15) is 28.8 Å². The Balaban J connectivity index is 0.00000256. The monoisotopic (exact) mass is 425 g/mol. The molecule has 30 heavy (non-hydrogen) atoms. The number of piperidine rings is 1. The zero-order chi connectivity index (χ0) is 20.1. The van der Waals surface area contributed by atoms with Crippen molar-refractivity contribution < 1.29 is 4.79 Å². The second-order valence-electron chi connectivity index (χ2n) is 7.63. The van der Waals surface area contributed by atoms with E-state index >= 15 is 0 Å². The zero-order valence-corrected chi connectivity index (χ0v) is 18.0. The number of carbonyl (C=O) groups excluding carboxylic acids is 1. The molecule has 0 atom stereocenters. The van der Waals surface area contributed by atoms with Gasteiger partial charge in [0.15, 0.2) is 0 Å². The zero-order valence-electron chi connectivity index (χ0n) is 17.2. The van der Waals surface area contributed by atoms with Crippen molar-refractivity contribution in [1.29, 1.82) is 0 Å². The molecule has 158 valence electrons. The third kappa shape index (κ3) is 5.26. The number of likely N-dealkylation sites (N-methyl/N-ethyl adjacent to an activating group) is 1. The second-order valence-corrected chi connectivity index (χ2v) is 7.63. The van der Waals surface area contributed by atoms with Crippen LogP contribution in [0, 0.1) is 0 Å². The summed E-state index contributed by atoms with van der Waals surface area (Å²) in [6, 6.07) is 18.7. The molecule has 4 rings (SSSR count). The van der Waals surface area contributed by atoms with Gasteiger partial charge in [0.25, 0.3) is 5.91 Å². The van der Waals surface area contributed by atoms with Gasteiger partial charge in [0.05, 0.1) is 5.69 Å². The Bertz CT molecular complexity index is 924. The standard InChI is InChI=1S/C23H27N5O.ClH/c1-26(13-10-19-6-3-2-4-7-19)21-11-14-27(15-12-21)23(29)20-8-5-9-22(16-20)28-18-24-17-25-28;/h2-9,16-18,21H,10-15H2,1H3;1H. The van der Waals surface area contributed by atoms with Crippen molar-refractivity contribution in [2.24, 2.45) is 0 Å². The van der Waals surface area contributed by atoms with Crippen LogP contribution in [-0.2, 0) is 6.42 Å². The fraction of sp³-hybridized carbons (Fsp3) is 0.348. The van der Waals surface area contributed by atoms with Gasteiger partial charge in [-0.15, -0.1) is 12.4 Å². The van der Waals surface area contributed by atoms with Crippen LogP contribution in [0.25, 0.3) is 5.69 Å². The van der Waals surface area contributed by atoms with Gasteiger partial charge < -0.3 is 9.80 Å². The van der Waals surface area contributed by atoms with E-state index in [1.165, 1.54) is 11.9 Å². The summed E-state index contributed by atoms with van der Waals surface area (Å²) in [5.74, 6) is 0.0948.